The van der Waals surface area contributed by atoms with E-state index in [2.05, 4.69) is 53.7 Å². The Kier molecular flexibility index (Phi) is 5.15. The Balaban J connectivity index is 1.54. The highest BCUT2D eigenvalue weighted by molar-refractivity contribution is 5.86. The fourth-order valence-electron chi connectivity index (χ4n) is 9.07. The van der Waals surface area contributed by atoms with Crippen LogP contribution in [0, 0.1) is 33.5 Å². The van der Waals surface area contributed by atoms with Gasteiger partial charge in [0.2, 0.25) is 0 Å². The highest BCUT2D eigenvalue weighted by Crippen LogP contribution is 2.74. The summed E-state index contributed by atoms with van der Waals surface area (Å²) in [7, 11) is 0. The van der Waals surface area contributed by atoms with Gasteiger partial charge in [-0.15, -0.1) is 0 Å². The molecule has 2 saturated carbocycles. The lowest BCUT2D eigenvalue weighted by atomic mass is 9.44. The van der Waals surface area contributed by atoms with Gasteiger partial charge in [-0.1, -0.05) is 60.1 Å². The predicted octanol–water partition coefficient (Wildman–Crippen LogP) is 5.72. The molecule has 5 rings (SSSR count). The third-order valence-corrected chi connectivity index (χ3v) is 11.2. The van der Waals surface area contributed by atoms with E-state index in [1.165, 1.54) is 11.1 Å². The second-order valence-corrected chi connectivity index (χ2v) is 13.4. The van der Waals surface area contributed by atoms with Gasteiger partial charge in [0, 0.05) is 5.41 Å². The molecule has 4 heteroatoms. The fourth-order valence-corrected chi connectivity index (χ4v) is 9.07. The molecule has 0 aromatic rings. The van der Waals surface area contributed by atoms with Crippen LogP contribution in [0.25, 0.3) is 0 Å². The molecule has 4 aliphatic carbocycles. The molecule has 1 aliphatic heterocycles. The van der Waals surface area contributed by atoms with Crippen molar-refractivity contribution in [3.63, 3.8) is 0 Å². The van der Waals surface area contributed by atoms with E-state index in [0.29, 0.717) is 24.7 Å². The predicted molar refractivity (Wildman–Crippen MR) is 129 cm³/mol. The number of aliphatic hydroxyl groups excluding tert-OH is 1. The summed E-state index contributed by atoms with van der Waals surface area (Å²) in [6.07, 6.45) is 11.5. The van der Waals surface area contributed by atoms with Gasteiger partial charge in [0.05, 0.1) is 6.10 Å². The van der Waals surface area contributed by atoms with Crippen molar-refractivity contribution in [3.8, 4) is 0 Å². The highest BCUT2D eigenvalue weighted by Gasteiger charge is 2.79. The van der Waals surface area contributed by atoms with E-state index in [4.69, 9.17) is 4.74 Å². The number of ether oxygens (including phenoxy) is 1. The van der Waals surface area contributed by atoms with E-state index in [0.717, 1.165) is 44.9 Å². The first-order chi connectivity index (χ1) is 15.3. The van der Waals surface area contributed by atoms with E-state index in [-0.39, 0.29) is 22.9 Å². The maximum atomic E-state index is 13.6. The van der Waals surface area contributed by atoms with Crippen LogP contribution in [0.15, 0.2) is 23.3 Å². The lowest BCUT2D eigenvalue weighted by Gasteiger charge is -2.60. The second kappa shape index (κ2) is 7.20. The van der Waals surface area contributed by atoms with Gasteiger partial charge in [-0.3, -0.25) is 4.79 Å². The Hall–Kier alpha value is -1.13. The molecular formula is C29H44O4. The third-order valence-electron chi connectivity index (χ3n) is 11.2. The molecule has 3 fully saturated rings. The monoisotopic (exact) mass is 456 g/mol. The van der Waals surface area contributed by atoms with Gasteiger partial charge in [-0.05, 0) is 85.2 Å². The van der Waals surface area contributed by atoms with Gasteiger partial charge in [-0.2, -0.15) is 0 Å². The largest absolute Gasteiger partial charge is 0.459 e. The smallest absolute Gasteiger partial charge is 0.316 e. The number of carbonyl (C=O) groups is 1. The van der Waals surface area contributed by atoms with Crippen LogP contribution in [0.4, 0.5) is 0 Å². The topological polar surface area (TPSA) is 66.8 Å². The quantitative estimate of drug-likeness (QED) is 0.531. The van der Waals surface area contributed by atoms with Gasteiger partial charge in [0.15, 0.2) is 0 Å². The number of esters is 1. The Morgan fingerprint density at radius 3 is 2.52 bits per heavy atom. The van der Waals surface area contributed by atoms with Crippen molar-refractivity contribution in [1.29, 1.82) is 0 Å². The van der Waals surface area contributed by atoms with E-state index in [1.54, 1.807) is 0 Å². The molecule has 0 unspecified atom stereocenters. The van der Waals surface area contributed by atoms with Crippen molar-refractivity contribution in [3.05, 3.63) is 23.3 Å². The molecule has 2 N–H and O–H groups in total. The molecule has 0 amide bonds. The maximum Gasteiger partial charge on any atom is 0.316 e. The van der Waals surface area contributed by atoms with Gasteiger partial charge < -0.3 is 14.9 Å². The Labute approximate surface area is 199 Å². The van der Waals surface area contributed by atoms with Crippen LogP contribution in [0.2, 0.25) is 0 Å². The van der Waals surface area contributed by atoms with E-state index < -0.39 is 22.5 Å². The molecule has 184 valence electrons. The minimum atomic E-state index is -1.08. The average molecular weight is 457 g/mol. The molecule has 1 saturated heterocycles. The third kappa shape index (κ3) is 2.74. The molecule has 33 heavy (non-hydrogen) atoms. The van der Waals surface area contributed by atoms with Crippen LogP contribution in [0.3, 0.4) is 0 Å². The normalized spacial score (nSPS) is 47.8. The zero-order valence-corrected chi connectivity index (χ0v) is 21.5. The summed E-state index contributed by atoms with van der Waals surface area (Å²) in [5.74, 6) is 0.808. The van der Waals surface area contributed by atoms with Gasteiger partial charge >= 0.3 is 5.97 Å². The number of carbonyl (C=O) groups excluding carboxylic acids is 1. The van der Waals surface area contributed by atoms with Crippen molar-refractivity contribution < 1.29 is 19.7 Å². The maximum absolute atomic E-state index is 13.6. The van der Waals surface area contributed by atoms with Crippen molar-refractivity contribution in [2.24, 2.45) is 33.5 Å². The number of fused-ring (bicyclic) bond motifs is 4. The summed E-state index contributed by atoms with van der Waals surface area (Å²) in [4.78, 5) is 13.6. The minimum Gasteiger partial charge on any atom is -0.459 e. The van der Waals surface area contributed by atoms with E-state index in [1.807, 2.05) is 0 Å². The number of cyclic esters (lactones) is 1. The standard InChI is InChI=1S/C29H44O4/c1-18(2)8-7-9-23-29(32)17-16-27(6)20-10-11-21-25(3,4)22(30)13-14-26(21,5)19(20)12-15-28(27,29)24(31)33-23/h10,12,18,21-23,30,32H,7-9,11,13-17H2,1-6H3/t21-,22-,23-,26+,27-,28+,29-/m0/s1. The molecule has 0 radical (unpaired) electrons. The van der Waals surface area contributed by atoms with Gasteiger partial charge in [-0.25, -0.2) is 0 Å². The summed E-state index contributed by atoms with van der Waals surface area (Å²) in [5, 5.41) is 22.9. The minimum absolute atomic E-state index is 0.00266. The van der Waals surface area contributed by atoms with Crippen molar-refractivity contribution >= 4 is 5.97 Å². The molecule has 0 aromatic heterocycles. The second-order valence-electron chi connectivity index (χ2n) is 13.4. The number of aliphatic hydroxyl groups is 2. The molecule has 0 aromatic carbocycles. The van der Waals surface area contributed by atoms with Crippen molar-refractivity contribution in [2.75, 3.05) is 0 Å². The lowest BCUT2D eigenvalue weighted by Crippen LogP contribution is -2.59. The first-order valence-corrected chi connectivity index (χ1v) is 13.4. The number of hydrogen-bond donors (Lipinski definition) is 2. The first-order valence-electron chi connectivity index (χ1n) is 13.4. The van der Waals surface area contributed by atoms with Crippen LogP contribution in [-0.2, 0) is 9.53 Å². The van der Waals surface area contributed by atoms with E-state index in [9.17, 15) is 15.0 Å². The van der Waals surface area contributed by atoms with Crippen LogP contribution in [0.5, 0.6) is 0 Å². The summed E-state index contributed by atoms with van der Waals surface area (Å²) < 4.78 is 6.02. The zero-order chi connectivity index (χ0) is 24.0. The zero-order valence-electron chi connectivity index (χ0n) is 21.5. The summed E-state index contributed by atoms with van der Waals surface area (Å²) >= 11 is 0. The number of allylic oxidation sites excluding steroid dienone is 4. The highest BCUT2D eigenvalue weighted by atomic mass is 16.6. The molecule has 5 aliphatic rings. The SMILES string of the molecule is CC(C)CCC[C@@H]1OC(=O)[C@]23CC=C4C(=CC[C@H]5C(C)(C)[C@@H](O)CC[C@]45C)[C@]2(C)CC[C@]13O. The van der Waals surface area contributed by atoms with Crippen LogP contribution >= 0.6 is 0 Å². The summed E-state index contributed by atoms with van der Waals surface area (Å²) in [5.41, 5.74) is 0.170. The fraction of sp³-hybridized carbons (Fsp3) is 0.828. The summed E-state index contributed by atoms with van der Waals surface area (Å²) in [6.45, 7) is 13.5. The van der Waals surface area contributed by atoms with Gasteiger partial charge in [0.25, 0.3) is 0 Å². The molecule has 1 spiro atoms. The molecular weight excluding hydrogens is 412 g/mol. The number of hydrogen-bond acceptors (Lipinski definition) is 4. The molecule has 0 bridgehead atoms. The Bertz CT molecular complexity index is 915. The summed E-state index contributed by atoms with van der Waals surface area (Å²) in [6, 6.07) is 0. The van der Waals surface area contributed by atoms with Crippen LogP contribution < -0.4 is 0 Å². The number of rotatable bonds is 4. The van der Waals surface area contributed by atoms with Crippen molar-refractivity contribution in [2.45, 2.75) is 117 Å². The van der Waals surface area contributed by atoms with Crippen LogP contribution in [0.1, 0.15) is 99.3 Å². The lowest BCUT2D eigenvalue weighted by molar-refractivity contribution is -0.155. The Morgan fingerprint density at radius 1 is 1.09 bits per heavy atom. The molecule has 4 nitrogen and oxygen atoms in total. The van der Waals surface area contributed by atoms with E-state index >= 15 is 0 Å². The van der Waals surface area contributed by atoms with Gasteiger partial charge in [0.1, 0.15) is 17.1 Å². The Morgan fingerprint density at radius 2 is 1.82 bits per heavy atom. The van der Waals surface area contributed by atoms with Crippen LogP contribution in [-0.4, -0.2) is 34.0 Å². The average Bonchev–Trinajstić information content (AvgIpc) is 3.11. The first kappa shape index (κ1) is 23.6. The molecule has 7 atom stereocenters. The van der Waals surface area contributed by atoms with Crippen molar-refractivity contribution in [1.82, 2.24) is 0 Å². The molecule has 1 heterocycles.